The quantitative estimate of drug-likeness (QED) is 0.257. The zero-order valence-corrected chi connectivity index (χ0v) is 21.2. The molecular weight excluding hydrogens is 495 g/mol. The SMILES string of the molecule is CC(C)(C)OC(=O)N[C@H](Cc1c[nH]c2ccccc12)c1nnc(SCc2c(Cl)cccc2Cl)o1. The van der Waals surface area contributed by atoms with Gasteiger partial charge in [-0.1, -0.05) is 59.2 Å². The number of para-hydroxylation sites is 1. The highest BCUT2D eigenvalue weighted by Gasteiger charge is 2.26. The van der Waals surface area contributed by atoms with E-state index in [-0.39, 0.29) is 5.89 Å². The molecule has 0 aliphatic carbocycles. The number of amides is 1. The molecule has 0 unspecified atom stereocenters. The zero-order chi connectivity index (χ0) is 24.3. The minimum atomic E-state index is -0.639. The molecule has 1 atom stereocenters. The molecule has 0 saturated carbocycles. The number of rotatable bonds is 7. The largest absolute Gasteiger partial charge is 0.444 e. The van der Waals surface area contributed by atoms with Crippen LogP contribution < -0.4 is 5.32 Å². The number of hydrogen-bond donors (Lipinski definition) is 2. The number of carbonyl (C=O) groups is 1. The topological polar surface area (TPSA) is 93.0 Å². The van der Waals surface area contributed by atoms with Crippen LogP contribution in [0.5, 0.6) is 0 Å². The first kappa shape index (κ1) is 24.4. The number of hydrogen-bond acceptors (Lipinski definition) is 6. The van der Waals surface area contributed by atoms with Crippen LogP contribution in [0.1, 0.15) is 43.8 Å². The fourth-order valence-corrected chi connectivity index (χ4v) is 4.91. The molecule has 7 nitrogen and oxygen atoms in total. The summed E-state index contributed by atoms with van der Waals surface area (Å²) >= 11 is 13.8. The summed E-state index contributed by atoms with van der Waals surface area (Å²) in [5.41, 5.74) is 2.16. The van der Waals surface area contributed by atoms with Gasteiger partial charge in [0, 0.05) is 39.3 Å². The van der Waals surface area contributed by atoms with Crippen molar-refractivity contribution in [1.29, 1.82) is 0 Å². The molecule has 34 heavy (non-hydrogen) atoms. The van der Waals surface area contributed by atoms with Crippen molar-refractivity contribution >= 4 is 52.0 Å². The predicted octanol–water partition coefficient (Wildman–Crippen LogP) is 6.96. The fourth-order valence-electron chi connectivity index (χ4n) is 3.39. The molecule has 178 valence electrons. The van der Waals surface area contributed by atoms with Crippen molar-refractivity contribution in [3.05, 3.63) is 75.7 Å². The van der Waals surface area contributed by atoms with Crippen LogP contribution in [-0.2, 0) is 16.9 Å². The number of fused-ring (bicyclic) bond motifs is 1. The number of aromatic amines is 1. The van der Waals surface area contributed by atoms with E-state index in [0.29, 0.717) is 27.4 Å². The van der Waals surface area contributed by atoms with Crippen molar-refractivity contribution in [2.75, 3.05) is 0 Å². The lowest BCUT2D eigenvalue weighted by Crippen LogP contribution is -2.36. The number of halogens is 2. The van der Waals surface area contributed by atoms with E-state index in [4.69, 9.17) is 32.4 Å². The normalized spacial score (nSPS) is 12.6. The number of ether oxygens (including phenoxy) is 1. The molecule has 0 aliphatic rings. The van der Waals surface area contributed by atoms with Gasteiger partial charge in [0.2, 0.25) is 5.89 Å². The Morgan fingerprint density at radius 3 is 2.62 bits per heavy atom. The fraction of sp³-hybridized carbons (Fsp3) is 0.292. The van der Waals surface area contributed by atoms with E-state index in [1.807, 2.05) is 51.2 Å². The highest BCUT2D eigenvalue weighted by atomic mass is 35.5. The van der Waals surface area contributed by atoms with Gasteiger partial charge in [0.25, 0.3) is 5.22 Å². The lowest BCUT2D eigenvalue weighted by molar-refractivity contribution is 0.0494. The van der Waals surface area contributed by atoms with Crippen LogP contribution in [0.15, 0.2) is 58.3 Å². The summed E-state index contributed by atoms with van der Waals surface area (Å²) in [6.07, 6.45) is 1.79. The van der Waals surface area contributed by atoms with Gasteiger partial charge in [0.15, 0.2) is 0 Å². The Kier molecular flexibility index (Phi) is 7.40. The van der Waals surface area contributed by atoms with Gasteiger partial charge < -0.3 is 19.5 Å². The summed E-state index contributed by atoms with van der Waals surface area (Å²) in [6.45, 7) is 5.42. The Morgan fingerprint density at radius 2 is 1.88 bits per heavy atom. The Labute approximate surface area is 211 Å². The molecule has 0 bridgehead atoms. The van der Waals surface area contributed by atoms with Crippen molar-refractivity contribution < 1.29 is 13.9 Å². The molecule has 0 aliphatic heterocycles. The van der Waals surface area contributed by atoms with E-state index in [2.05, 4.69) is 20.5 Å². The number of thioether (sulfide) groups is 1. The average molecular weight is 519 g/mol. The second-order valence-corrected chi connectivity index (χ2v) is 10.4. The monoisotopic (exact) mass is 518 g/mol. The van der Waals surface area contributed by atoms with Crippen LogP contribution in [0.25, 0.3) is 10.9 Å². The predicted molar refractivity (Wildman–Crippen MR) is 134 cm³/mol. The molecule has 2 heterocycles. The number of benzene rings is 2. The number of nitrogens with one attached hydrogen (secondary N) is 2. The molecule has 4 aromatic rings. The van der Waals surface area contributed by atoms with E-state index in [1.54, 1.807) is 18.2 Å². The smallest absolute Gasteiger partial charge is 0.408 e. The molecule has 2 aromatic heterocycles. The van der Waals surface area contributed by atoms with Crippen LogP contribution >= 0.6 is 35.0 Å². The summed E-state index contributed by atoms with van der Waals surface area (Å²) in [7, 11) is 0. The van der Waals surface area contributed by atoms with Gasteiger partial charge in [-0.2, -0.15) is 0 Å². The molecule has 0 fully saturated rings. The van der Waals surface area contributed by atoms with Gasteiger partial charge in [-0.05, 0) is 50.1 Å². The van der Waals surface area contributed by atoms with Crippen molar-refractivity contribution in [3.63, 3.8) is 0 Å². The Morgan fingerprint density at radius 1 is 1.15 bits per heavy atom. The highest BCUT2D eigenvalue weighted by molar-refractivity contribution is 7.98. The van der Waals surface area contributed by atoms with Gasteiger partial charge in [-0.3, -0.25) is 0 Å². The second kappa shape index (κ2) is 10.3. The molecule has 2 aromatic carbocycles. The van der Waals surface area contributed by atoms with Gasteiger partial charge in [0.05, 0.1) is 0 Å². The van der Waals surface area contributed by atoms with Crippen molar-refractivity contribution in [1.82, 2.24) is 20.5 Å². The van der Waals surface area contributed by atoms with Crippen LogP contribution in [-0.4, -0.2) is 26.9 Å². The molecule has 10 heteroatoms. The van der Waals surface area contributed by atoms with Crippen molar-refractivity contribution in [2.24, 2.45) is 0 Å². The van der Waals surface area contributed by atoms with Crippen molar-refractivity contribution in [3.8, 4) is 0 Å². The first-order chi connectivity index (χ1) is 16.2. The van der Waals surface area contributed by atoms with Gasteiger partial charge in [-0.25, -0.2) is 4.79 Å². The number of aromatic nitrogens is 3. The molecule has 0 saturated heterocycles. The third-order valence-electron chi connectivity index (χ3n) is 4.91. The van der Waals surface area contributed by atoms with Crippen LogP contribution in [0.4, 0.5) is 4.79 Å². The summed E-state index contributed by atoms with van der Waals surface area (Å²) in [5, 5.41) is 13.8. The van der Waals surface area contributed by atoms with E-state index < -0.39 is 17.7 Å². The summed E-state index contributed by atoms with van der Waals surface area (Å²) < 4.78 is 11.4. The van der Waals surface area contributed by atoms with Crippen LogP contribution in [0, 0.1) is 0 Å². The Bertz CT molecular complexity index is 1280. The maximum Gasteiger partial charge on any atom is 0.408 e. The Hall–Kier alpha value is -2.68. The summed E-state index contributed by atoms with van der Waals surface area (Å²) in [6, 6.07) is 12.7. The third kappa shape index (κ3) is 6.05. The van der Waals surface area contributed by atoms with Gasteiger partial charge in [-0.15, -0.1) is 10.2 Å². The number of alkyl carbamates (subject to hydrolysis) is 1. The van der Waals surface area contributed by atoms with Gasteiger partial charge >= 0.3 is 6.09 Å². The molecular formula is C24H24Cl2N4O3S. The molecule has 0 spiro atoms. The molecule has 4 rings (SSSR count). The number of H-pyrrole nitrogens is 1. The lowest BCUT2D eigenvalue weighted by Gasteiger charge is -2.22. The van der Waals surface area contributed by atoms with Crippen LogP contribution in [0.3, 0.4) is 0 Å². The maximum atomic E-state index is 12.6. The average Bonchev–Trinajstić information content (AvgIpc) is 3.39. The molecule has 2 N–H and O–H groups in total. The van der Waals surface area contributed by atoms with Crippen LogP contribution in [0.2, 0.25) is 10.0 Å². The first-order valence-corrected chi connectivity index (χ1v) is 12.4. The standard InChI is InChI=1S/C24H24Cl2N4O3S/c1-24(2,3)33-22(31)28-20(11-14-12-27-19-10-5-4-7-15(14)19)21-29-30-23(32-21)34-13-16-17(25)8-6-9-18(16)26/h4-10,12,20,27H,11,13H2,1-3H3,(H,28,31)/t20-/m1/s1. The maximum absolute atomic E-state index is 12.6. The second-order valence-electron chi connectivity index (χ2n) is 8.66. The lowest BCUT2D eigenvalue weighted by atomic mass is 10.1. The number of nitrogens with zero attached hydrogens (tertiary/aromatic N) is 2. The van der Waals surface area contributed by atoms with E-state index in [9.17, 15) is 4.79 Å². The zero-order valence-electron chi connectivity index (χ0n) is 18.9. The highest BCUT2D eigenvalue weighted by Crippen LogP contribution is 2.32. The minimum absolute atomic E-state index is 0.281. The minimum Gasteiger partial charge on any atom is -0.444 e. The van der Waals surface area contributed by atoms with E-state index in [1.165, 1.54) is 11.8 Å². The van der Waals surface area contributed by atoms with E-state index in [0.717, 1.165) is 22.0 Å². The van der Waals surface area contributed by atoms with E-state index >= 15 is 0 Å². The summed E-state index contributed by atoms with van der Waals surface area (Å²) in [5.74, 6) is 0.746. The van der Waals surface area contributed by atoms with Gasteiger partial charge in [0.1, 0.15) is 11.6 Å². The Balaban J connectivity index is 1.55. The molecule has 1 amide bonds. The number of carbonyl (C=O) groups excluding carboxylic acids is 1. The molecule has 0 radical (unpaired) electrons. The summed E-state index contributed by atoms with van der Waals surface area (Å²) in [4.78, 5) is 15.8. The first-order valence-electron chi connectivity index (χ1n) is 10.6. The van der Waals surface area contributed by atoms with Crippen molar-refractivity contribution in [2.45, 2.75) is 49.8 Å². The third-order valence-corrected chi connectivity index (χ3v) is 6.46.